The molecule has 3 aliphatic rings. The van der Waals surface area contributed by atoms with Crippen LogP contribution >= 0.6 is 37.0 Å². The van der Waals surface area contributed by atoms with Crippen molar-refractivity contribution >= 4 is 70.0 Å². The molecule has 0 amide bonds. The summed E-state index contributed by atoms with van der Waals surface area (Å²) in [7, 11) is 0. The Kier molecular flexibility index (Phi) is 14.0. The molecule has 0 bridgehead atoms. The number of hydrogen-bond acceptors (Lipinski definition) is 5. The number of ketones is 1. The van der Waals surface area contributed by atoms with E-state index in [-0.39, 0.29) is 10.8 Å². The van der Waals surface area contributed by atoms with Crippen molar-refractivity contribution < 1.29 is 4.42 Å². The summed E-state index contributed by atoms with van der Waals surface area (Å²) in [5, 5.41) is 5.19. The summed E-state index contributed by atoms with van der Waals surface area (Å²) in [5.41, 5.74) is 14.3. The summed E-state index contributed by atoms with van der Waals surface area (Å²) in [6.45, 7) is 13.4. The lowest BCUT2D eigenvalue weighted by Crippen LogP contribution is -2.27. The molecule has 1 aliphatic carbocycles. The number of thioether (sulfide) groups is 1. The van der Waals surface area contributed by atoms with Crippen LogP contribution in [0.25, 0.3) is 21.5 Å². The Hall–Kier alpha value is -3.94. The highest BCUT2D eigenvalue weighted by Crippen LogP contribution is 2.51. The van der Waals surface area contributed by atoms with Crippen LogP contribution < -0.4 is 10.6 Å². The predicted octanol–water partition coefficient (Wildman–Crippen LogP) is 14.2. The van der Waals surface area contributed by atoms with Crippen LogP contribution in [0.15, 0.2) is 148 Å². The molecule has 0 saturated heterocycles. The molecular formula is C53H61N2OS3+. The van der Waals surface area contributed by atoms with Crippen molar-refractivity contribution in [3.8, 4) is 5.75 Å². The number of carbonyl (C=O) groups excluding carboxylic acids is 1. The first kappa shape index (κ1) is 43.2. The largest absolute Gasteiger partial charge is 0.358 e. The number of rotatable bonds is 12. The molecule has 0 saturated carbocycles. The van der Waals surface area contributed by atoms with E-state index >= 15 is 0 Å². The van der Waals surface area contributed by atoms with E-state index in [0.29, 0.717) is 0 Å². The van der Waals surface area contributed by atoms with Gasteiger partial charge in [0, 0.05) is 45.3 Å². The number of benzene rings is 5. The number of fused-ring (bicyclic) bond motifs is 6. The van der Waals surface area contributed by atoms with Gasteiger partial charge in [-0.25, -0.2) is 4.42 Å². The standard InChI is InChI=1S/C49H49NOS2.C4H11NS/c1-33-19-25-38(26-20-33)53-47-36(15-12-16-37(47)24-30-44-49(4,5)46-40-18-9-7-14-35(40)22-28-42(46)51-44)23-29-43-48(2,3)45-39-17-8-6-13-34(39)21-27-41(45)50(43)31-10-11-32-52;5-3-1-2-4-6/h6-9,13-14,17-30H,10-12,15-16,31-32H2,1-5H3;6H,1-5H2/p+1/b30-24+,36-23+,43-29+;. The third-order valence-electron chi connectivity index (χ3n) is 12.1. The monoisotopic (exact) mass is 837 g/mol. The minimum atomic E-state index is -0.237. The van der Waals surface area contributed by atoms with Crippen LogP contribution in [0.5, 0.6) is 5.75 Å². The Balaban J connectivity index is 0.000000820. The minimum absolute atomic E-state index is 0.138. The van der Waals surface area contributed by atoms with Gasteiger partial charge in [0.1, 0.15) is 5.41 Å². The van der Waals surface area contributed by atoms with Crippen LogP contribution in [0.4, 0.5) is 5.69 Å². The van der Waals surface area contributed by atoms with Gasteiger partial charge in [-0.2, -0.15) is 25.3 Å². The fourth-order valence-electron chi connectivity index (χ4n) is 8.94. The Bertz CT molecular complexity index is 2450. The van der Waals surface area contributed by atoms with Crippen molar-refractivity contribution in [2.45, 2.75) is 95.3 Å². The smallest absolute Gasteiger partial charge is 0.344 e. The maximum atomic E-state index is 6.63. The maximum absolute atomic E-state index is 6.63. The zero-order valence-corrected chi connectivity index (χ0v) is 38.2. The number of hydrogen-bond donors (Lipinski definition) is 3. The Morgan fingerprint density at radius 3 is 2.05 bits per heavy atom. The van der Waals surface area contributed by atoms with Gasteiger partial charge in [-0.3, -0.25) is 0 Å². The number of aryl methyl sites for hydroxylation is 1. The molecule has 2 aliphatic heterocycles. The van der Waals surface area contributed by atoms with Gasteiger partial charge in [-0.15, -0.1) is 0 Å². The quantitative estimate of drug-likeness (QED) is 0.0507. The van der Waals surface area contributed by atoms with Crippen molar-refractivity contribution in [2.75, 3.05) is 29.5 Å². The second-order valence-electron chi connectivity index (χ2n) is 17.1. The molecule has 0 spiro atoms. The fraction of sp³-hybridized carbons (Fsp3) is 0.340. The summed E-state index contributed by atoms with van der Waals surface area (Å²) in [4.78, 5) is 5.24. The first-order chi connectivity index (χ1) is 28.6. The number of anilines is 1. The van der Waals surface area contributed by atoms with Crippen molar-refractivity contribution in [3.05, 3.63) is 160 Å². The van der Waals surface area contributed by atoms with Crippen LogP contribution in [0.1, 0.15) is 89.3 Å². The molecule has 2 heterocycles. The van der Waals surface area contributed by atoms with E-state index < -0.39 is 0 Å². The molecule has 0 atom stereocenters. The topological polar surface area (TPSA) is 40.6 Å². The van der Waals surface area contributed by atoms with Gasteiger partial charge in [0.15, 0.2) is 0 Å². The molecule has 0 radical (unpaired) electrons. The molecular weight excluding hydrogens is 777 g/mol. The molecule has 5 aromatic carbocycles. The average molecular weight is 838 g/mol. The van der Waals surface area contributed by atoms with E-state index in [2.05, 4.69) is 186 Å². The van der Waals surface area contributed by atoms with E-state index in [9.17, 15) is 0 Å². The number of nitrogens with two attached hydrogens (primary N) is 1. The van der Waals surface area contributed by atoms with Gasteiger partial charge < -0.3 is 10.6 Å². The van der Waals surface area contributed by atoms with Gasteiger partial charge in [-0.1, -0.05) is 104 Å². The maximum Gasteiger partial charge on any atom is 0.358 e. The normalized spacial score (nSPS) is 18.2. The average Bonchev–Trinajstić information content (AvgIpc) is 3.64. The SMILES string of the molecule is Cc1ccc(SC2=C(/C=C/C3=[O+]c4ccc5ccccc5c4C3(C)C)CCC/C2=C\C=C2\N(CCCCS)c3ccc4ccccc4c3C2(C)C)cc1.NCCCCS. The number of unbranched alkanes of at least 4 members (excludes halogenated alkanes) is 2. The first-order valence-electron chi connectivity index (χ1n) is 21.4. The van der Waals surface area contributed by atoms with Gasteiger partial charge in [0.05, 0.1) is 5.56 Å². The van der Waals surface area contributed by atoms with Gasteiger partial charge >= 0.3 is 11.5 Å². The van der Waals surface area contributed by atoms with Gasteiger partial charge in [0.2, 0.25) is 0 Å². The van der Waals surface area contributed by atoms with Crippen LogP contribution in [-0.4, -0.2) is 30.4 Å². The highest BCUT2D eigenvalue weighted by atomic mass is 32.2. The molecule has 59 heavy (non-hydrogen) atoms. The number of nitrogens with zero attached hydrogens (tertiary/aromatic N) is 1. The van der Waals surface area contributed by atoms with E-state index in [1.54, 1.807) is 0 Å². The summed E-state index contributed by atoms with van der Waals surface area (Å²) in [6, 6.07) is 35.5. The molecule has 0 unspecified atom stereocenters. The van der Waals surface area contributed by atoms with E-state index in [0.717, 1.165) is 81.1 Å². The summed E-state index contributed by atoms with van der Waals surface area (Å²) in [6.07, 6.45) is 17.2. The van der Waals surface area contributed by atoms with E-state index in [1.165, 1.54) is 70.6 Å². The number of thiol groups is 2. The Morgan fingerprint density at radius 1 is 0.712 bits per heavy atom. The zero-order valence-electron chi connectivity index (χ0n) is 35.6. The predicted molar refractivity (Wildman–Crippen MR) is 264 cm³/mol. The Morgan fingerprint density at radius 2 is 1.37 bits per heavy atom. The van der Waals surface area contributed by atoms with Crippen LogP contribution in [-0.2, 0) is 15.3 Å². The second kappa shape index (κ2) is 19.2. The second-order valence-corrected chi connectivity index (χ2v) is 19.0. The lowest BCUT2D eigenvalue weighted by Gasteiger charge is -2.27. The molecule has 2 N–H and O–H groups in total. The third kappa shape index (κ3) is 9.22. The highest BCUT2D eigenvalue weighted by Gasteiger charge is 2.47. The molecule has 0 aromatic heterocycles. The zero-order chi connectivity index (χ0) is 41.6. The highest BCUT2D eigenvalue weighted by molar-refractivity contribution is 8.03. The van der Waals surface area contributed by atoms with Crippen LogP contribution in [0.3, 0.4) is 0 Å². The third-order valence-corrected chi connectivity index (χ3v) is 14.0. The fourth-order valence-corrected chi connectivity index (χ4v) is 10.5. The summed E-state index contributed by atoms with van der Waals surface area (Å²) in [5.74, 6) is 3.86. The van der Waals surface area contributed by atoms with Crippen molar-refractivity contribution in [2.24, 2.45) is 5.73 Å². The van der Waals surface area contributed by atoms with Crippen molar-refractivity contribution in [1.82, 2.24) is 0 Å². The molecule has 5 aromatic rings. The van der Waals surface area contributed by atoms with Crippen molar-refractivity contribution in [1.29, 1.82) is 0 Å². The molecule has 0 fully saturated rings. The van der Waals surface area contributed by atoms with Crippen molar-refractivity contribution in [3.63, 3.8) is 0 Å². The minimum Gasteiger partial charge on any atom is -0.344 e. The number of allylic oxidation sites excluding steroid dienone is 7. The molecule has 3 nitrogen and oxygen atoms in total. The van der Waals surface area contributed by atoms with Crippen LogP contribution in [0.2, 0.25) is 0 Å². The lowest BCUT2D eigenvalue weighted by atomic mass is 9.79. The molecule has 8 rings (SSSR count). The lowest BCUT2D eigenvalue weighted by molar-refractivity contribution is -0.362. The van der Waals surface area contributed by atoms with Crippen LogP contribution in [0, 0.1) is 6.92 Å². The van der Waals surface area contributed by atoms with E-state index in [1.807, 2.05) is 11.8 Å². The molecule has 6 heteroatoms. The van der Waals surface area contributed by atoms with Gasteiger partial charge in [0.25, 0.3) is 0 Å². The summed E-state index contributed by atoms with van der Waals surface area (Å²) >= 11 is 10.5. The van der Waals surface area contributed by atoms with Gasteiger partial charge in [-0.05, 0) is 158 Å². The Labute approximate surface area is 368 Å². The summed E-state index contributed by atoms with van der Waals surface area (Å²) < 4.78 is 6.63. The first-order valence-corrected chi connectivity index (χ1v) is 23.5. The molecule has 306 valence electrons. The van der Waals surface area contributed by atoms with E-state index in [4.69, 9.17) is 10.2 Å².